The van der Waals surface area contributed by atoms with Gasteiger partial charge in [-0.25, -0.2) is 9.18 Å². The van der Waals surface area contributed by atoms with Gasteiger partial charge in [-0.1, -0.05) is 59.7 Å². The van der Waals surface area contributed by atoms with E-state index >= 15 is 0 Å². The Kier molecular flexibility index (Phi) is 6.38. The Hall–Kier alpha value is -3.20. The van der Waals surface area contributed by atoms with Crippen LogP contribution in [0.4, 0.5) is 4.39 Å². The standard InChI is InChI=1S/C25H23FO2/c1-18-13-19(2)15-20(14-18)16-23(22-9-6-10-24(26)17-22)11-12-28-25(27)21-7-4-3-5-8-21/h3-15,17,23H,16H2,1-2H3/b12-11+. The second-order valence-electron chi connectivity index (χ2n) is 6.96. The van der Waals surface area contributed by atoms with E-state index in [9.17, 15) is 9.18 Å². The first kappa shape index (κ1) is 19.6. The monoisotopic (exact) mass is 374 g/mol. The van der Waals surface area contributed by atoms with E-state index in [0.29, 0.717) is 12.0 Å². The van der Waals surface area contributed by atoms with Crippen LogP contribution in [0, 0.1) is 19.7 Å². The van der Waals surface area contributed by atoms with E-state index in [-0.39, 0.29) is 11.7 Å². The molecular formula is C25H23FO2. The van der Waals surface area contributed by atoms with Crippen molar-refractivity contribution in [2.24, 2.45) is 0 Å². The lowest BCUT2D eigenvalue weighted by atomic mass is 9.90. The highest BCUT2D eigenvalue weighted by atomic mass is 19.1. The highest BCUT2D eigenvalue weighted by molar-refractivity contribution is 5.89. The summed E-state index contributed by atoms with van der Waals surface area (Å²) < 4.78 is 19.0. The van der Waals surface area contributed by atoms with Crippen LogP contribution in [0.2, 0.25) is 0 Å². The van der Waals surface area contributed by atoms with E-state index < -0.39 is 5.97 Å². The number of hydrogen-bond acceptors (Lipinski definition) is 2. The number of rotatable bonds is 6. The summed E-state index contributed by atoms with van der Waals surface area (Å²) in [6.45, 7) is 4.12. The zero-order chi connectivity index (χ0) is 19.9. The normalized spacial score (nSPS) is 12.1. The first-order valence-corrected chi connectivity index (χ1v) is 9.26. The quantitative estimate of drug-likeness (QED) is 0.383. The summed E-state index contributed by atoms with van der Waals surface area (Å²) in [6, 6.07) is 21.7. The van der Waals surface area contributed by atoms with E-state index in [1.807, 2.05) is 18.2 Å². The molecule has 0 radical (unpaired) electrons. The zero-order valence-electron chi connectivity index (χ0n) is 16.1. The molecule has 142 valence electrons. The fraction of sp³-hybridized carbons (Fsp3) is 0.160. The second kappa shape index (κ2) is 9.14. The summed E-state index contributed by atoms with van der Waals surface area (Å²) in [5.74, 6) is -0.806. The molecule has 1 atom stereocenters. The Morgan fingerprint density at radius 2 is 1.68 bits per heavy atom. The molecule has 0 aliphatic carbocycles. The van der Waals surface area contributed by atoms with E-state index in [0.717, 1.165) is 11.1 Å². The topological polar surface area (TPSA) is 26.3 Å². The van der Waals surface area contributed by atoms with Crippen molar-refractivity contribution >= 4 is 5.97 Å². The predicted molar refractivity (Wildman–Crippen MR) is 110 cm³/mol. The van der Waals surface area contributed by atoms with Crippen LogP contribution >= 0.6 is 0 Å². The van der Waals surface area contributed by atoms with Crippen molar-refractivity contribution in [2.45, 2.75) is 26.2 Å². The van der Waals surface area contributed by atoms with Gasteiger partial charge in [-0.3, -0.25) is 0 Å². The van der Waals surface area contributed by atoms with Crippen LogP contribution in [0.3, 0.4) is 0 Å². The van der Waals surface area contributed by atoms with Crippen LogP contribution in [0.25, 0.3) is 0 Å². The fourth-order valence-electron chi connectivity index (χ4n) is 3.31. The third kappa shape index (κ3) is 5.40. The Balaban J connectivity index is 1.80. The molecular weight excluding hydrogens is 351 g/mol. The summed E-state index contributed by atoms with van der Waals surface area (Å²) in [6.07, 6.45) is 3.91. The molecule has 3 rings (SSSR count). The maximum Gasteiger partial charge on any atom is 0.342 e. The van der Waals surface area contributed by atoms with Gasteiger partial charge in [-0.05, 0) is 61.7 Å². The molecule has 3 aromatic carbocycles. The average Bonchev–Trinajstić information content (AvgIpc) is 2.67. The fourth-order valence-corrected chi connectivity index (χ4v) is 3.31. The molecule has 28 heavy (non-hydrogen) atoms. The molecule has 0 heterocycles. The van der Waals surface area contributed by atoms with Crippen molar-refractivity contribution in [1.82, 2.24) is 0 Å². The van der Waals surface area contributed by atoms with Crippen molar-refractivity contribution in [1.29, 1.82) is 0 Å². The van der Waals surface area contributed by atoms with Crippen molar-refractivity contribution in [3.8, 4) is 0 Å². The van der Waals surface area contributed by atoms with E-state index in [1.54, 1.807) is 30.3 Å². The number of halogens is 1. The lowest BCUT2D eigenvalue weighted by Crippen LogP contribution is -2.04. The second-order valence-corrected chi connectivity index (χ2v) is 6.96. The van der Waals surface area contributed by atoms with E-state index in [1.165, 1.54) is 29.5 Å². The lowest BCUT2D eigenvalue weighted by Gasteiger charge is -2.15. The summed E-state index contributed by atoms with van der Waals surface area (Å²) in [7, 11) is 0. The maximum absolute atomic E-state index is 13.8. The van der Waals surface area contributed by atoms with Gasteiger partial charge >= 0.3 is 5.97 Å². The van der Waals surface area contributed by atoms with E-state index in [4.69, 9.17) is 4.74 Å². The first-order chi connectivity index (χ1) is 13.5. The Morgan fingerprint density at radius 3 is 2.36 bits per heavy atom. The molecule has 1 unspecified atom stereocenters. The van der Waals surface area contributed by atoms with Gasteiger partial charge in [0.15, 0.2) is 0 Å². The van der Waals surface area contributed by atoms with Gasteiger partial charge in [-0.15, -0.1) is 0 Å². The number of aryl methyl sites for hydroxylation is 2. The Bertz CT molecular complexity index is 957. The molecule has 2 nitrogen and oxygen atoms in total. The SMILES string of the molecule is Cc1cc(C)cc(CC(/C=C/OC(=O)c2ccccc2)c2cccc(F)c2)c1. The predicted octanol–water partition coefficient (Wildman–Crippen LogP) is 6.14. The minimum absolute atomic E-state index is 0.111. The molecule has 0 aromatic heterocycles. The highest BCUT2D eigenvalue weighted by Gasteiger charge is 2.12. The number of benzene rings is 3. The number of esters is 1. The van der Waals surface area contributed by atoms with Crippen LogP contribution < -0.4 is 0 Å². The molecule has 0 spiro atoms. The third-order valence-electron chi connectivity index (χ3n) is 4.51. The maximum atomic E-state index is 13.8. The molecule has 0 N–H and O–H groups in total. The van der Waals surface area contributed by atoms with Crippen LogP contribution in [0.5, 0.6) is 0 Å². The minimum atomic E-state index is -0.416. The largest absolute Gasteiger partial charge is 0.431 e. The van der Waals surface area contributed by atoms with Gasteiger partial charge in [0.1, 0.15) is 5.82 Å². The van der Waals surface area contributed by atoms with Gasteiger partial charge in [0.25, 0.3) is 0 Å². The molecule has 3 aromatic rings. The first-order valence-electron chi connectivity index (χ1n) is 9.26. The zero-order valence-corrected chi connectivity index (χ0v) is 16.1. The van der Waals surface area contributed by atoms with Crippen LogP contribution in [0.15, 0.2) is 85.1 Å². The summed E-state index contributed by atoms with van der Waals surface area (Å²) in [5.41, 5.74) is 4.86. The average molecular weight is 374 g/mol. The van der Waals surface area contributed by atoms with Crippen LogP contribution in [0.1, 0.15) is 38.5 Å². The number of allylic oxidation sites excluding steroid dienone is 1. The van der Waals surface area contributed by atoms with Gasteiger partial charge in [-0.2, -0.15) is 0 Å². The van der Waals surface area contributed by atoms with Crippen molar-refractivity contribution < 1.29 is 13.9 Å². The smallest absolute Gasteiger partial charge is 0.342 e. The molecule has 0 fully saturated rings. The van der Waals surface area contributed by atoms with E-state index in [2.05, 4.69) is 32.0 Å². The van der Waals surface area contributed by atoms with Gasteiger partial charge in [0, 0.05) is 5.92 Å². The Morgan fingerprint density at radius 1 is 0.964 bits per heavy atom. The highest BCUT2D eigenvalue weighted by Crippen LogP contribution is 2.24. The summed E-state index contributed by atoms with van der Waals surface area (Å²) >= 11 is 0. The number of carbonyl (C=O) groups is 1. The molecule has 0 aliphatic heterocycles. The molecule has 0 saturated carbocycles. The molecule has 0 amide bonds. The van der Waals surface area contributed by atoms with Crippen molar-refractivity contribution in [3.63, 3.8) is 0 Å². The summed E-state index contributed by atoms with van der Waals surface area (Å²) in [5, 5.41) is 0. The number of hydrogen-bond donors (Lipinski definition) is 0. The van der Waals surface area contributed by atoms with Crippen molar-refractivity contribution in [3.05, 3.63) is 119 Å². The van der Waals surface area contributed by atoms with Gasteiger partial charge in [0.05, 0.1) is 11.8 Å². The van der Waals surface area contributed by atoms with Gasteiger partial charge < -0.3 is 4.74 Å². The van der Waals surface area contributed by atoms with Crippen LogP contribution in [-0.2, 0) is 11.2 Å². The number of ether oxygens (including phenoxy) is 1. The molecule has 3 heteroatoms. The number of carbonyl (C=O) groups excluding carboxylic acids is 1. The lowest BCUT2D eigenvalue weighted by molar-refractivity contribution is 0.0662. The molecule has 0 aliphatic rings. The minimum Gasteiger partial charge on any atom is -0.431 e. The Labute approximate surface area is 165 Å². The summed E-state index contributed by atoms with van der Waals surface area (Å²) in [4.78, 5) is 12.1. The third-order valence-corrected chi connectivity index (χ3v) is 4.51. The van der Waals surface area contributed by atoms with Crippen molar-refractivity contribution in [2.75, 3.05) is 0 Å². The molecule has 0 saturated heterocycles. The van der Waals surface area contributed by atoms with Gasteiger partial charge in [0.2, 0.25) is 0 Å². The molecule has 0 bridgehead atoms. The van der Waals surface area contributed by atoms with Crippen LogP contribution in [-0.4, -0.2) is 5.97 Å².